The summed E-state index contributed by atoms with van der Waals surface area (Å²) in [5.74, 6) is 1.63. The minimum atomic E-state index is 0.0208. The third kappa shape index (κ3) is 3.29. The number of hydrogen-bond donors (Lipinski definition) is 1. The van der Waals surface area contributed by atoms with Gasteiger partial charge in [0, 0.05) is 31.0 Å². The zero-order valence-corrected chi connectivity index (χ0v) is 15.3. The van der Waals surface area contributed by atoms with Gasteiger partial charge in [0.15, 0.2) is 11.5 Å². The summed E-state index contributed by atoms with van der Waals surface area (Å²) in [5, 5.41) is 3.00. The molecule has 1 aromatic carbocycles. The molecule has 0 bridgehead atoms. The summed E-state index contributed by atoms with van der Waals surface area (Å²) >= 11 is 0. The van der Waals surface area contributed by atoms with Crippen LogP contribution >= 0.6 is 0 Å². The lowest BCUT2D eigenvalue weighted by atomic mass is 9.99. The molecule has 1 atom stereocenters. The smallest absolute Gasteiger partial charge is 0.234 e. The Morgan fingerprint density at radius 3 is 2.81 bits per heavy atom. The fourth-order valence-electron chi connectivity index (χ4n) is 3.77. The number of hydrogen-bond acceptors (Lipinski definition) is 4. The molecule has 138 valence electrons. The molecule has 0 saturated heterocycles. The lowest BCUT2D eigenvalue weighted by Crippen LogP contribution is -2.45. The van der Waals surface area contributed by atoms with Crippen LogP contribution in [0, 0.1) is 0 Å². The Kier molecular flexibility index (Phi) is 4.59. The molecule has 4 rings (SSSR count). The second kappa shape index (κ2) is 7.03. The molecule has 2 aliphatic rings. The zero-order valence-electron chi connectivity index (χ0n) is 15.3. The van der Waals surface area contributed by atoms with Crippen molar-refractivity contribution in [3.8, 4) is 11.5 Å². The van der Waals surface area contributed by atoms with E-state index in [1.165, 1.54) is 5.69 Å². The van der Waals surface area contributed by atoms with Crippen molar-refractivity contribution in [2.24, 2.45) is 0 Å². The van der Waals surface area contributed by atoms with Crippen molar-refractivity contribution in [2.45, 2.75) is 32.5 Å². The van der Waals surface area contributed by atoms with E-state index in [0.29, 0.717) is 19.8 Å². The largest absolute Gasteiger partial charge is 0.486 e. The lowest BCUT2D eigenvalue weighted by Gasteiger charge is -2.37. The summed E-state index contributed by atoms with van der Waals surface area (Å²) in [6.45, 7) is 7.21. The highest BCUT2D eigenvalue weighted by molar-refractivity contribution is 5.78. The van der Waals surface area contributed by atoms with E-state index in [1.54, 1.807) is 0 Å². The van der Waals surface area contributed by atoms with Crippen molar-refractivity contribution < 1.29 is 14.3 Å². The number of rotatable bonds is 4. The molecule has 1 aromatic heterocycles. The first-order chi connectivity index (χ1) is 12.6. The average Bonchev–Trinajstić information content (AvgIpc) is 3.09. The van der Waals surface area contributed by atoms with Crippen LogP contribution in [0.4, 0.5) is 0 Å². The molecule has 1 N–H and O–H groups in total. The molecule has 0 aliphatic carbocycles. The topological polar surface area (TPSA) is 55.7 Å². The van der Waals surface area contributed by atoms with E-state index >= 15 is 0 Å². The van der Waals surface area contributed by atoms with Gasteiger partial charge >= 0.3 is 0 Å². The molecule has 26 heavy (non-hydrogen) atoms. The lowest BCUT2D eigenvalue weighted by molar-refractivity contribution is -0.123. The average molecular weight is 355 g/mol. The molecule has 1 amide bonds. The van der Waals surface area contributed by atoms with Gasteiger partial charge in [0.2, 0.25) is 5.91 Å². The van der Waals surface area contributed by atoms with Crippen LogP contribution in [0.2, 0.25) is 0 Å². The molecule has 3 heterocycles. The summed E-state index contributed by atoms with van der Waals surface area (Å²) in [7, 11) is 0. The fourth-order valence-corrected chi connectivity index (χ4v) is 3.77. The number of amides is 1. The molecule has 0 radical (unpaired) electrons. The number of carbonyl (C=O) groups excluding carboxylic acids is 1. The van der Waals surface area contributed by atoms with Crippen LogP contribution in [0.3, 0.4) is 0 Å². The van der Waals surface area contributed by atoms with Crippen LogP contribution in [0.15, 0.2) is 36.5 Å². The number of carbonyl (C=O) groups is 1. The molecule has 6 nitrogen and oxygen atoms in total. The van der Waals surface area contributed by atoms with E-state index in [9.17, 15) is 4.79 Å². The Morgan fingerprint density at radius 1 is 1.19 bits per heavy atom. The van der Waals surface area contributed by atoms with Crippen LogP contribution in [0.1, 0.15) is 31.1 Å². The molecular weight excluding hydrogens is 330 g/mol. The highest BCUT2D eigenvalue weighted by atomic mass is 16.6. The summed E-state index contributed by atoms with van der Waals surface area (Å²) in [6, 6.07) is 10.5. The fraction of sp³-hybridized carbons (Fsp3) is 0.450. The first kappa shape index (κ1) is 17.0. The van der Waals surface area contributed by atoms with Gasteiger partial charge in [-0.05, 0) is 43.7 Å². The molecule has 0 fully saturated rings. The Labute approximate surface area is 153 Å². The van der Waals surface area contributed by atoms with Gasteiger partial charge in [0.25, 0.3) is 0 Å². The molecule has 2 aromatic rings. The van der Waals surface area contributed by atoms with E-state index in [0.717, 1.165) is 30.2 Å². The number of benzene rings is 1. The maximum Gasteiger partial charge on any atom is 0.234 e. The minimum absolute atomic E-state index is 0.0208. The monoisotopic (exact) mass is 355 g/mol. The van der Waals surface area contributed by atoms with Crippen LogP contribution in [0.25, 0.3) is 0 Å². The summed E-state index contributed by atoms with van der Waals surface area (Å²) < 4.78 is 13.7. The van der Waals surface area contributed by atoms with E-state index in [4.69, 9.17) is 9.47 Å². The predicted octanol–water partition coefficient (Wildman–Crippen LogP) is 2.19. The van der Waals surface area contributed by atoms with Gasteiger partial charge < -0.3 is 19.4 Å². The van der Waals surface area contributed by atoms with Crippen molar-refractivity contribution in [3.63, 3.8) is 0 Å². The van der Waals surface area contributed by atoms with Gasteiger partial charge in [-0.25, -0.2) is 0 Å². The maximum atomic E-state index is 12.4. The SMILES string of the molecule is CC(C)NC(=O)CN1CCn2cccc2C1c1ccc2c(c1)OCCO2. The number of fused-ring (bicyclic) bond motifs is 2. The summed E-state index contributed by atoms with van der Waals surface area (Å²) in [5.41, 5.74) is 2.32. The number of aromatic nitrogens is 1. The van der Waals surface area contributed by atoms with E-state index in [1.807, 2.05) is 19.9 Å². The Morgan fingerprint density at radius 2 is 2.00 bits per heavy atom. The maximum absolute atomic E-state index is 12.4. The second-order valence-electron chi connectivity index (χ2n) is 7.12. The minimum Gasteiger partial charge on any atom is -0.486 e. The van der Waals surface area contributed by atoms with Crippen molar-refractivity contribution in [1.82, 2.24) is 14.8 Å². The van der Waals surface area contributed by atoms with Crippen LogP contribution < -0.4 is 14.8 Å². The van der Waals surface area contributed by atoms with Gasteiger partial charge in [-0.1, -0.05) is 6.07 Å². The highest BCUT2D eigenvalue weighted by Crippen LogP contribution is 2.38. The van der Waals surface area contributed by atoms with Gasteiger partial charge in [0.1, 0.15) is 13.2 Å². The highest BCUT2D eigenvalue weighted by Gasteiger charge is 2.31. The first-order valence-electron chi connectivity index (χ1n) is 9.20. The summed E-state index contributed by atoms with van der Waals surface area (Å²) in [4.78, 5) is 14.6. The van der Waals surface area contributed by atoms with Crippen molar-refractivity contribution in [2.75, 3.05) is 26.3 Å². The molecule has 6 heteroatoms. The number of nitrogens with one attached hydrogen (secondary N) is 1. The Bertz CT molecular complexity index is 799. The molecule has 1 unspecified atom stereocenters. The quantitative estimate of drug-likeness (QED) is 0.913. The van der Waals surface area contributed by atoms with Crippen LogP contribution in [0.5, 0.6) is 11.5 Å². The predicted molar refractivity (Wildman–Crippen MR) is 98.6 cm³/mol. The number of nitrogens with zero attached hydrogens (tertiary/aromatic N) is 2. The first-order valence-corrected chi connectivity index (χ1v) is 9.20. The summed E-state index contributed by atoms with van der Waals surface area (Å²) in [6.07, 6.45) is 2.10. The third-order valence-electron chi connectivity index (χ3n) is 4.82. The Balaban J connectivity index is 1.66. The third-order valence-corrected chi connectivity index (χ3v) is 4.82. The van der Waals surface area contributed by atoms with Crippen LogP contribution in [-0.4, -0.2) is 47.7 Å². The molecule has 0 spiro atoms. The van der Waals surface area contributed by atoms with E-state index < -0.39 is 0 Å². The second-order valence-corrected chi connectivity index (χ2v) is 7.12. The standard InChI is InChI=1S/C20H25N3O3/c1-14(2)21-19(24)13-23-9-8-22-7-3-4-16(22)20(23)15-5-6-17-18(12-15)26-11-10-25-17/h3-7,12,14,20H,8-11,13H2,1-2H3,(H,21,24). The normalized spacial score (nSPS) is 19.3. The van der Waals surface area contributed by atoms with Gasteiger partial charge in [0.05, 0.1) is 12.6 Å². The van der Waals surface area contributed by atoms with Crippen molar-refractivity contribution >= 4 is 5.91 Å². The van der Waals surface area contributed by atoms with Crippen LogP contribution in [-0.2, 0) is 11.3 Å². The van der Waals surface area contributed by atoms with Gasteiger partial charge in [-0.2, -0.15) is 0 Å². The zero-order chi connectivity index (χ0) is 18.1. The van der Waals surface area contributed by atoms with Gasteiger partial charge in [-0.15, -0.1) is 0 Å². The molecular formula is C20H25N3O3. The van der Waals surface area contributed by atoms with E-state index in [-0.39, 0.29) is 18.0 Å². The number of ether oxygens (including phenoxy) is 2. The Hall–Kier alpha value is -2.47. The molecule has 0 saturated carbocycles. The van der Waals surface area contributed by atoms with Crippen molar-refractivity contribution in [1.29, 1.82) is 0 Å². The molecule has 2 aliphatic heterocycles. The van der Waals surface area contributed by atoms with Crippen molar-refractivity contribution in [3.05, 3.63) is 47.8 Å². The van der Waals surface area contributed by atoms with E-state index in [2.05, 4.69) is 45.2 Å². The van der Waals surface area contributed by atoms with Gasteiger partial charge in [-0.3, -0.25) is 9.69 Å².